The Bertz CT molecular complexity index is 1270. The Morgan fingerprint density at radius 3 is 1.19 bits per heavy atom. The van der Waals surface area contributed by atoms with Crippen molar-refractivity contribution >= 4 is 23.8 Å². The lowest BCUT2D eigenvalue weighted by atomic mass is 9.85. The number of hydrogen-bond acceptors (Lipinski definition) is 6. The minimum Gasteiger partial charge on any atom is -1.00 e. The van der Waals surface area contributed by atoms with Crippen LogP contribution in [-0.4, -0.2) is 86.2 Å². The van der Waals surface area contributed by atoms with E-state index in [0.717, 1.165) is 73.6 Å². The Morgan fingerprint density at radius 2 is 0.875 bits per heavy atom. The Balaban J connectivity index is 0.00000400. The number of likely N-dealkylation sites (N-methyl/N-ethyl adjacent to an activating group) is 2. The van der Waals surface area contributed by atoms with Gasteiger partial charge in [-0.15, -0.1) is 0 Å². The summed E-state index contributed by atoms with van der Waals surface area (Å²) in [6, 6.07) is 16.2. The van der Waals surface area contributed by atoms with E-state index in [4.69, 9.17) is 9.47 Å². The molecule has 0 bridgehead atoms. The number of esters is 2. The fourth-order valence-electron chi connectivity index (χ4n) is 7.29. The van der Waals surface area contributed by atoms with E-state index in [1.54, 1.807) is 0 Å². The monoisotopic (exact) mass is 792 g/mol. The highest BCUT2D eigenvalue weighted by Gasteiger charge is 2.38. The summed E-state index contributed by atoms with van der Waals surface area (Å²) in [5.74, 6) is 0.169. The smallest absolute Gasteiger partial charge is 0.317 e. The van der Waals surface area contributed by atoms with E-state index in [0.29, 0.717) is 25.9 Å². The average molecular weight is 795 g/mol. The molecule has 266 valence electrons. The molecule has 4 atom stereocenters. The molecule has 2 fully saturated rings. The van der Waals surface area contributed by atoms with Gasteiger partial charge in [0.2, 0.25) is 0 Å². The van der Waals surface area contributed by atoms with Crippen LogP contribution in [-0.2, 0) is 41.5 Å². The largest absolute Gasteiger partial charge is 1.00 e. The Morgan fingerprint density at radius 1 is 0.562 bits per heavy atom. The van der Waals surface area contributed by atoms with Gasteiger partial charge in [0, 0.05) is 25.7 Å². The molecule has 0 N–H and O–H groups in total. The van der Waals surface area contributed by atoms with Gasteiger partial charge in [0.25, 0.3) is 0 Å². The van der Waals surface area contributed by atoms with Crippen LogP contribution in [0.4, 0.5) is 0 Å². The second kappa shape index (κ2) is 18.6. The van der Waals surface area contributed by atoms with Crippen LogP contribution in [0.2, 0.25) is 0 Å². The normalized spacial score (nSPS) is 21.2. The highest BCUT2D eigenvalue weighted by atomic mass is 79.9. The van der Waals surface area contributed by atoms with E-state index in [1.807, 2.05) is 76.7 Å². The molecule has 0 spiro atoms. The van der Waals surface area contributed by atoms with E-state index in [1.165, 1.54) is 13.8 Å². The first-order valence-corrected chi connectivity index (χ1v) is 17.0. The van der Waals surface area contributed by atoms with Crippen LogP contribution in [0.5, 0.6) is 0 Å². The molecule has 2 amide bonds. The number of carbonyl (C=O) groups excluding carboxylic acids is 4. The van der Waals surface area contributed by atoms with Gasteiger partial charge in [-0.1, -0.05) is 61.4 Å². The Hall–Kier alpha value is -2.40. The number of benzene rings is 2. The zero-order valence-corrected chi connectivity index (χ0v) is 32.7. The lowest BCUT2D eigenvalue weighted by Gasteiger charge is -2.36. The number of ether oxygens (including phenoxy) is 2. The molecule has 8 nitrogen and oxygen atoms in total. The second-order valence-electron chi connectivity index (χ2n) is 14.7. The summed E-state index contributed by atoms with van der Waals surface area (Å²) in [5, 5.41) is 0. The second-order valence-corrected chi connectivity index (χ2v) is 14.7. The maximum absolute atomic E-state index is 13.4. The first-order chi connectivity index (χ1) is 21.7. The van der Waals surface area contributed by atoms with Gasteiger partial charge >= 0.3 is 23.8 Å². The fraction of sp³-hybridized carbons (Fsp3) is 0.579. The molecular weight excluding hydrogens is 740 g/mol. The highest BCUT2D eigenvalue weighted by Crippen LogP contribution is 2.31. The molecule has 0 aliphatic heterocycles. The number of hydrogen-bond donors (Lipinski definition) is 0. The van der Waals surface area contributed by atoms with Crippen LogP contribution < -0.4 is 34.0 Å². The van der Waals surface area contributed by atoms with Gasteiger partial charge in [-0.05, 0) is 60.8 Å². The molecule has 2 aromatic carbocycles. The third kappa shape index (κ3) is 11.9. The molecule has 2 aromatic rings. The SMILES string of the molecule is CC(=O)OC1CCCCC1C[N+](C)(C)C(=O)Cc1ccc(-c2ccc(CC(=O)[N+](C)(C)CC3CCCCC3OC(C)=O)cc2)cc1.[Br-].[Br-]. The lowest BCUT2D eigenvalue weighted by molar-refractivity contribution is -0.818. The summed E-state index contributed by atoms with van der Waals surface area (Å²) in [6.45, 7) is 4.24. The van der Waals surface area contributed by atoms with Gasteiger partial charge in [-0.3, -0.25) is 18.6 Å². The fourth-order valence-corrected chi connectivity index (χ4v) is 7.29. The summed E-state index contributed by atoms with van der Waals surface area (Å²) in [6.07, 6.45) is 8.49. The molecule has 2 aliphatic rings. The zero-order valence-electron chi connectivity index (χ0n) is 29.5. The number of amides is 2. The van der Waals surface area contributed by atoms with Crippen LogP contribution in [0.25, 0.3) is 11.1 Å². The lowest BCUT2D eigenvalue weighted by Crippen LogP contribution is -3.00. The molecule has 0 aromatic heterocycles. The summed E-state index contributed by atoms with van der Waals surface area (Å²) in [5.41, 5.74) is 4.05. The standard InChI is InChI=1S/C38H54N2O6.2BrH/c1-27(41)45-35-13-9-7-11-33(35)25-39(3,4)37(43)23-29-15-19-31(20-16-29)32-21-17-30(18-22-32)24-38(44)40(5,6)26-34-12-8-10-14-36(34)46-28(2)42;;/h15-22,33-36H,7-14,23-26H2,1-6H3;2*1H/q+2;;/p-2. The minimum atomic E-state index is -0.248. The first-order valence-electron chi connectivity index (χ1n) is 17.0. The van der Waals surface area contributed by atoms with Crippen molar-refractivity contribution in [3.05, 3.63) is 59.7 Å². The maximum Gasteiger partial charge on any atom is 0.317 e. The molecule has 0 saturated heterocycles. The van der Waals surface area contributed by atoms with Gasteiger partial charge in [-0.2, -0.15) is 0 Å². The van der Waals surface area contributed by atoms with Gasteiger partial charge in [-0.25, -0.2) is 9.59 Å². The zero-order chi connectivity index (χ0) is 33.5. The maximum atomic E-state index is 13.4. The predicted molar refractivity (Wildman–Crippen MR) is 178 cm³/mol. The molecule has 0 radical (unpaired) electrons. The number of carbonyl (C=O) groups is 4. The van der Waals surface area contributed by atoms with E-state index >= 15 is 0 Å². The van der Waals surface area contributed by atoms with Gasteiger partial charge in [0.05, 0.1) is 54.1 Å². The van der Waals surface area contributed by atoms with Gasteiger partial charge in [0.1, 0.15) is 12.2 Å². The summed E-state index contributed by atoms with van der Waals surface area (Å²) < 4.78 is 11.7. The van der Waals surface area contributed by atoms with Crippen molar-refractivity contribution in [2.24, 2.45) is 11.8 Å². The molecule has 2 saturated carbocycles. The van der Waals surface area contributed by atoms with Gasteiger partial charge in [0.15, 0.2) is 0 Å². The number of halogens is 2. The molecule has 48 heavy (non-hydrogen) atoms. The third-order valence-corrected chi connectivity index (χ3v) is 10.00. The summed E-state index contributed by atoms with van der Waals surface area (Å²) in [7, 11) is 7.83. The molecule has 2 aliphatic carbocycles. The predicted octanol–water partition coefficient (Wildman–Crippen LogP) is -0.104. The van der Waals surface area contributed by atoms with E-state index < -0.39 is 0 Å². The van der Waals surface area contributed by atoms with Crippen molar-refractivity contribution in [1.29, 1.82) is 0 Å². The molecule has 4 unspecified atom stereocenters. The molecule has 0 heterocycles. The average Bonchev–Trinajstić information content (AvgIpc) is 2.99. The number of quaternary nitrogens is 2. The van der Waals surface area contributed by atoms with Crippen LogP contribution in [0.15, 0.2) is 48.5 Å². The first kappa shape index (κ1) is 41.8. The number of rotatable bonds is 11. The Labute approximate surface area is 308 Å². The van der Waals surface area contributed by atoms with Crippen molar-refractivity contribution in [3.63, 3.8) is 0 Å². The van der Waals surface area contributed by atoms with Crippen molar-refractivity contribution in [3.8, 4) is 11.1 Å². The summed E-state index contributed by atoms with van der Waals surface area (Å²) in [4.78, 5) is 49.9. The topological polar surface area (TPSA) is 86.7 Å². The summed E-state index contributed by atoms with van der Waals surface area (Å²) >= 11 is 0. The van der Waals surface area contributed by atoms with E-state index in [-0.39, 0.29) is 90.7 Å². The molecule has 10 heteroatoms. The number of nitrogens with zero attached hydrogens (tertiary/aromatic N) is 2. The van der Waals surface area contributed by atoms with Crippen LogP contribution in [0, 0.1) is 11.8 Å². The quantitative estimate of drug-likeness (QED) is 0.234. The minimum absolute atomic E-state index is 0. The van der Waals surface area contributed by atoms with Crippen molar-refractivity contribution in [1.82, 2.24) is 0 Å². The van der Waals surface area contributed by atoms with Crippen LogP contribution in [0.3, 0.4) is 0 Å². The molecule has 4 rings (SSSR count). The van der Waals surface area contributed by atoms with E-state index in [9.17, 15) is 19.2 Å². The van der Waals surface area contributed by atoms with Crippen molar-refractivity contribution < 1.29 is 71.6 Å². The van der Waals surface area contributed by atoms with E-state index in [2.05, 4.69) is 0 Å². The third-order valence-electron chi connectivity index (χ3n) is 10.00. The molecular formula is C38H54Br2N2O6. The van der Waals surface area contributed by atoms with Crippen molar-refractivity contribution in [2.45, 2.75) is 90.3 Å². The van der Waals surface area contributed by atoms with Crippen LogP contribution >= 0.6 is 0 Å². The van der Waals surface area contributed by atoms with Gasteiger partial charge < -0.3 is 43.4 Å². The van der Waals surface area contributed by atoms with Crippen molar-refractivity contribution in [2.75, 3.05) is 41.3 Å². The van der Waals surface area contributed by atoms with Crippen LogP contribution in [0.1, 0.15) is 76.3 Å². The Kier molecular flexibility index (Phi) is 16.1. The highest BCUT2D eigenvalue weighted by molar-refractivity contribution is 5.74.